The third-order valence-electron chi connectivity index (χ3n) is 2.52. The van der Waals surface area contributed by atoms with Gasteiger partial charge in [0.05, 0.1) is 6.54 Å². The van der Waals surface area contributed by atoms with Gasteiger partial charge in [-0.1, -0.05) is 6.07 Å². The highest BCUT2D eigenvalue weighted by Crippen LogP contribution is 2.14. The van der Waals surface area contributed by atoms with Crippen LogP contribution in [-0.2, 0) is 6.54 Å². The normalized spacial score (nSPS) is 11.8. The maximum Gasteiger partial charge on any atom is 0.212 e. The summed E-state index contributed by atoms with van der Waals surface area (Å²) < 4.78 is 7.00. The summed E-state index contributed by atoms with van der Waals surface area (Å²) in [6, 6.07) is 8.93. The van der Waals surface area contributed by atoms with Gasteiger partial charge in [-0.15, -0.1) is 0 Å². The van der Waals surface area contributed by atoms with Gasteiger partial charge in [-0.2, -0.15) is 5.26 Å². The van der Waals surface area contributed by atoms with Crippen LogP contribution < -0.4 is 10.5 Å². The first-order chi connectivity index (χ1) is 9.19. The van der Waals surface area contributed by atoms with E-state index in [1.165, 1.54) is 6.20 Å². The number of nitrogens with two attached hydrogens (primary N) is 1. The number of hydrogen-bond donors (Lipinski definition) is 2. The monoisotopic (exact) mass is 258 g/mol. The average Bonchev–Trinajstić information content (AvgIpc) is 2.84. The van der Waals surface area contributed by atoms with Gasteiger partial charge in [-0.25, -0.2) is 4.98 Å². The first kappa shape index (κ1) is 12.9. The minimum absolute atomic E-state index is 0.118. The van der Waals surface area contributed by atoms with E-state index in [1.54, 1.807) is 35.0 Å². The molecule has 1 atom stereocenters. The van der Waals surface area contributed by atoms with Crippen LogP contribution in [0.5, 0.6) is 5.75 Å². The van der Waals surface area contributed by atoms with Crippen molar-refractivity contribution in [3.05, 3.63) is 42.5 Å². The summed E-state index contributed by atoms with van der Waals surface area (Å²) in [6.45, 7) is 0.373. The summed E-state index contributed by atoms with van der Waals surface area (Å²) in [7, 11) is 0. The number of aromatic nitrogens is 2. The highest BCUT2D eigenvalue weighted by molar-refractivity contribution is 5.43. The standard InChI is InChI=1S/C13H14N4O2/c14-7-13-16-4-5-17(13)8-11(18)9-19-12-3-1-2-10(15)6-12/h1-6,11,18H,8-9,15H2. The van der Waals surface area contributed by atoms with Gasteiger partial charge in [0.15, 0.2) is 0 Å². The molecule has 1 aromatic carbocycles. The molecule has 0 saturated carbocycles. The molecule has 0 spiro atoms. The van der Waals surface area contributed by atoms with E-state index in [0.717, 1.165) is 0 Å². The molecule has 2 rings (SSSR count). The first-order valence-corrected chi connectivity index (χ1v) is 5.76. The second kappa shape index (κ2) is 5.89. The van der Waals surface area contributed by atoms with Crippen LogP contribution >= 0.6 is 0 Å². The van der Waals surface area contributed by atoms with Crippen LogP contribution in [0, 0.1) is 11.3 Å². The Balaban J connectivity index is 1.88. The van der Waals surface area contributed by atoms with E-state index in [9.17, 15) is 5.11 Å². The number of rotatable bonds is 5. The van der Waals surface area contributed by atoms with E-state index >= 15 is 0 Å². The lowest BCUT2D eigenvalue weighted by Gasteiger charge is -2.13. The highest BCUT2D eigenvalue weighted by atomic mass is 16.5. The summed E-state index contributed by atoms with van der Waals surface area (Å²) in [5.41, 5.74) is 6.23. The summed E-state index contributed by atoms with van der Waals surface area (Å²) in [4.78, 5) is 3.85. The molecule has 0 aliphatic rings. The van der Waals surface area contributed by atoms with Crippen LogP contribution in [0.15, 0.2) is 36.7 Å². The van der Waals surface area contributed by atoms with E-state index < -0.39 is 6.10 Å². The maximum absolute atomic E-state index is 9.86. The van der Waals surface area contributed by atoms with E-state index in [4.69, 9.17) is 15.7 Å². The van der Waals surface area contributed by atoms with Gasteiger partial charge in [-0.3, -0.25) is 0 Å². The smallest absolute Gasteiger partial charge is 0.212 e. The van der Waals surface area contributed by atoms with Gasteiger partial charge < -0.3 is 20.1 Å². The topological polar surface area (TPSA) is 97.1 Å². The molecule has 0 aliphatic carbocycles. The van der Waals surface area contributed by atoms with Gasteiger partial charge in [0.1, 0.15) is 24.5 Å². The van der Waals surface area contributed by atoms with Gasteiger partial charge in [-0.05, 0) is 12.1 Å². The lowest BCUT2D eigenvalue weighted by atomic mass is 10.3. The maximum atomic E-state index is 9.86. The van der Waals surface area contributed by atoms with E-state index in [2.05, 4.69) is 4.98 Å². The number of imidazole rings is 1. The predicted octanol–water partition coefficient (Wildman–Crippen LogP) is 0.777. The van der Waals surface area contributed by atoms with E-state index in [1.807, 2.05) is 6.07 Å². The number of aliphatic hydroxyl groups excluding tert-OH is 1. The summed E-state index contributed by atoms with van der Waals surface area (Å²) in [5, 5.41) is 18.7. The second-order valence-electron chi connectivity index (χ2n) is 4.05. The number of benzene rings is 1. The number of ether oxygens (including phenoxy) is 1. The number of aliphatic hydroxyl groups is 1. The van der Waals surface area contributed by atoms with Crippen LogP contribution in [-0.4, -0.2) is 27.4 Å². The molecule has 6 heteroatoms. The molecule has 0 radical (unpaired) electrons. The summed E-state index contributed by atoms with van der Waals surface area (Å²) >= 11 is 0. The Morgan fingerprint density at radius 1 is 1.53 bits per heavy atom. The molecule has 2 aromatic rings. The van der Waals surface area contributed by atoms with E-state index in [0.29, 0.717) is 11.4 Å². The molecule has 6 nitrogen and oxygen atoms in total. The van der Waals surface area contributed by atoms with Gasteiger partial charge >= 0.3 is 0 Å². The number of anilines is 1. The summed E-state index contributed by atoms with van der Waals surface area (Å²) in [5.74, 6) is 0.869. The molecule has 0 aliphatic heterocycles. The van der Waals surface area contributed by atoms with Gasteiger partial charge in [0.25, 0.3) is 0 Å². The molecule has 0 saturated heterocycles. The molecule has 3 N–H and O–H groups in total. The van der Waals surface area contributed by atoms with Crippen molar-refractivity contribution in [2.75, 3.05) is 12.3 Å². The lowest BCUT2D eigenvalue weighted by Crippen LogP contribution is -2.24. The molecule has 19 heavy (non-hydrogen) atoms. The van der Waals surface area contributed by atoms with Gasteiger partial charge in [0, 0.05) is 24.1 Å². The Labute approximate surface area is 110 Å². The molecule has 1 aromatic heterocycles. The number of nitriles is 1. The predicted molar refractivity (Wildman–Crippen MR) is 69.3 cm³/mol. The fourth-order valence-electron chi connectivity index (χ4n) is 1.65. The highest BCUT2D eigenvalue weighted by Gasteiger charge is 2.09. The van der Waals surface area contributed by atoms with Crippen molar-refractivity contribution < 1.29 is 9.84 Å². The molecular weight excluding hydrogens is 244 g/mol. The fraction of sp³-hybridized carbons (Fsp3) is 0.231. The Morgan fingerprint density at radius 2 is 2.37 bits per heavy atom. The molecule has 0 amide bonds. The van der Waals surface area contributed by atoms with Crippen molar-refractivity contribution in [1.82, 2.24) is 9.55 Å². The molecule has 1 heterocycles. The lowest BCUT2D eigenvalue weighted by molar-refractivity contribution is 0.0923. The van der Waals surface area contributed by atoms with Crippen LogP contribution in [0.25, 0.3) is 0 Å². The average molecular weight is 258 g/mol. The SMILES string of the molecule is N#Cc1nccn1CC(O)COc1cccc(N)c1. The van der Waals surface area contributed by atoms with Crippen LogP contribution in [0.2, 0.25) is 0 Å². The van der Waals surface area contributed by atoms with Crippen molar-refractivity contribution in [3.63, 3.8) is 0 Å². The largest absolute Gasteiger partial charge is 0.491 e. The van der Waals surface area contributed by atoms with Crippen LogP contribution in [0.1, 0.15) is 5.82 Å². The fourth-order valence-corrected chi connectivity index (χ4v) is 1.65. The Hall–Kier alpha value is -2.52. The van der Waals surface area contributed by atoms with Crippen molar-refractivity contribution in [1.29, 1.82) is 5.26 Å². The van der Waals surface area contributed by atoms with Crippen molar-refractivity contribution >= 4 is 5.69 Å². The van der Waals surface area contributed by atoms with Crippen LogP contribution in [0.4, 0.5) is 5.69 Å². The number of nitrogen functional groups attached to an aromatic ring is 1. The third kappa shape index (κ3) is 3.47. The third-order valence-corrected chi connectivity index (χ3v) is 2.52. The molecular formula is C13H14N4O2. The van der Waals surface area contributed by atoms with Crippen LogP contribution in [0.3, 0.4) is 0 Å². The Bertz CT molecular complexity index is 588. The Morgan fingerprint density at radius 3 is 3.11 bits per heavy atom. The quantitative estimate of drug-likeness (QED) is 0.772. The van der Waals surface area contributed by atoms with Crippen molar-refractivity contribution in [2.45, 2.75) is 12.6 Å². The molecule has 0 bridgehead atoms. The van der Waals surface area contributed by atoms with Crippen molar-refractivity contribution in [3.8, 4) is 11.8 Å². The second-order valence-corrected chi connectivity index (χ2v) is 4.05. The van der Waals surface area contributed by atoms with Crippen molar-refractivity contribution in [2.24, 2.45) is 0 Å². The Kier molecular flexibility index (Phi) is 4.00. The molecule has 1 unspecified atom stereocenters. The first-order valence-electron chi connectivity index (χ1n) is 5.76. The zero-order valence-electron chi connectivity index (χ0n) is 10.2. The minimum Gasteiger partial charge on any atom is -0.491 e. The minimum atomic E-state index is -0.734. The zero-order chi connectivity index (χ0) is 13.7. The number of hydrogen-bond acceptors (Lipinski definition) is 5. The van der Waals surface area contributed by atoms with Gasteiger partial charge in [0.2, 0.25) is 5.82 Å². The molecule has 98 valence electrons. The summed E-state index contributed by atoms with van der Waals surface area (Å²) in [6.07, 6.45) is 2.43. The van der Waals surface area contributed by atoms with E-state index in [-0.39, 0.29) is 19.0 Å². The number of nitrogens with zero attached hydrogens (tertiary/aromatic N) is 3. The zero-order valence-corrected chi connectivity index (χ0v) is 10.2. The molecule has 0 fully saturated rings.